The van der Waals surface area contributed by atoms with E-state index < -0.39 is 44.0 Å². The topological polar surface area (TPSA) is 46.2 Å². The standard InChI is InChI=1S/C13H7ClF5NO2S/c14-7-4-5-11(8(6-7)13(17,18)19)20-23(21,22)12-9(15)2-1-3-10(12)16/h1-6,20H. The molecule has 0 amide bonds. The van der Waals surface area contributed by atoms with Crippen molar-refractivity contribution in [3.05, 3.63) is 58.6 Å². The molecule has 0 aliphatic carbocycles. The monoisotopic (exact) mass is 371 g/mol. The molecule has 0 heterocycles. The predicted molar refractivity (Wildman–Crippen MR) is 73.6 cm³/mol. The lowest BCUT2D eigenvalue weighted by Crippen LogP contribution is -2.19. The van der Waals surface area contributed by atoms with Crippen LogP contribution in [-0.4, -0.2) is 8.42 Å². The molecule has 0 saturated carbocycles. The highest BCUT2D eigenvalue weighted by atomic mass is 35.5. The molecule has 3 nitrogen and oxygen atoms in total. The third-order valence-electron chi connectivity index (χ3n) is 2.72. The molecule has 1 N–H and O–H groups in total. The van der Waals surface area contributed by atoms with Gasteiger partial charge in [-0.25, -0.2) is 17.2 Å². The Morgan fingerprint density at radius 2 is 1.57 bits per heavy atom. The smallest absolute Gasteiger partial charge is 0.279 e. The minimum Gasteiger partial charge on any atom is -0.279 e. The molecule has 0 radical (unpaired) electrons. The van der Waals surface area contributed by atoms with Crippen LogP contribution in [0, 0.1) is 11.6 Å². The average molecular weight is 372 g/mol. The highest BCUT2D eigenvalue weighted by Gasteiger charge is 2.35. The lowest BCUT2D eigenvalue weighted by molar-refractivity contribution is -0.136. The number of rotatable bonds is 3. The number of benzene rings is 2. The van der Waals surface area contributed by atoms with Crippen LogP contribution < -0.4 is 4.72 Å². The van der Waals surface area contributed by atoms with Gasteiger partial charge in [0.05, 0.1) is 11.3 Å². The Hall–Kier alpha value is -1.87. The fourth-order valence-electron chi connectivity index (χ4n) is 1.78. The van der Waals surface area contributed by atoms with E-state index in [1.54, 1.807) is 0 Å². The second kappa shape index (κ2) is 5.97. The molecule has 0 fully saturated rings. The van der Waals surface area contributed by atoms with Gasteiger partial charge in [-0.2, -0.15) is 13.2 Å². The molecule has 124 valence electrons. The summed E-state index contributed by atoms with van der Waals surface area (Å²) < 4.78 is 91.4. The molecule has 0 unspecified atom stereocenters. The number of halogens is 6. The average Bonchev–Trinajstić information content (AvgIpc) is 2.39. The van der Waals surface area contributed by atoms with E-state index in [0.29, 0.717) is 18.2 Å². The Bertz CT molecular complexity index is 832. The number of hydrogen-bond donors (Lipinski definition) is 1. The Morgan fingerprint density at radius 1 is 1.00 bits per heavy atom. The fraction of sp³-hybridized carbons (Fsp3) is 0.0769. The van der Waals surface area contributed by atoms with Crippen LogP contribution in [0.25, 0.3) is 0 Å². The van der Waals surface area contributed by atoms with Crippen LogP contribution in [-0.2, 0) is 16.2 Å². The van der Waals surface area contributed by atoms with Crippen molar-refractivity contribution in [1.82, 2.24) is 0 Å². The van der Waals surface area contributed by atoms with Crippen LogP contribution in [0.15, 0.2) is 41.3 Å². The van der Waals surface area contributed by atoms with Crippen molar-refractivity contribution in [1.29, 1.82) is 0 Å². The lowest BCUT2D eigenvalue weighted by atomic mass is 10.2. The lowest BCUT2D eigenvalue weighted by Gasteiger charge is -2.15. The zero-order valence-electron chi connectivity index (χ0n) is 11.0. The van der Waals surface area contributed by atoms with Crippen molar-refractivity contribution >= 4 is 27.3 Å². The Balaban J connectivity index is 2.55. The SMILES string of the molecule is O=S(=O)(Nc1ccc(Cl)cc1C(F)(F)F)c1c(F)cccc1F. The van der Waals surface area contributed by atoms with E-state index in [0.717, 1.165) is 18.2 Å². The Kier molecular flexibility index (Phi) is 4.54. The maximum Gasteiger partial charge on any atom is 0.418 e. The molecule has 2 aromatic carbocycles. The van der Waals surface area contributed by atoms with Gasteiger partial charge in [0.1, 0.15) is 11.6 Å². The van der Waals surface area contributed by atoms with Gasteiger partial charge < -0.3 is 0 Å². The third-order valence-corrected chi connectivity index (χ3v) is 4.37. The fourth-order valence-corrected chi connectivity index (χ4v) is 3.17. The van der Waals surface area contributed by atoms with Gasteiger partial charge in [0.2, 0.25) is 0 Å². The van der Waals surface area contributed by atoms with Gasteiger partial charge in [0.15, 0.2) is 4.90 Å². The summed E-state index contributed by atoms with van der Waals surface area (Å²) in [5, 5.41) is -0.280. The third kappa shape index (κ3) is 3.73. The van der Waals surface area contributed by atoms with Gasteiger partial charge in [0, 0.05) is 5.02 Å². The van der Waals surface area contributed by atoms with Gasteiger partial charge >= 0.3 is 6.18 Å². The molecular formula is C13H7ClF5NO2S. The van der Waals surface area contributed by atoms with Crippen LogP contribution in [0.3, 0.4) is 0 Å². The van der Waals surface area contributed by atoms with Crippen molar-refractivity contribution in [3.8, 4) is 0 Å². The number of sulfonamides is 1. The van der Waals surface area contributed by atoms with Crippen LogP contribution in [0.2, 0.25) is 5.02 Å². The first kappa shape index (κ1) is 17.5. The zero-order chi connectivity index (χ0) is 17.4. The quantitative estimate of drug-likeness (QED) is 0.811. The molecule has 2 rings (SSSR count). The summed E-state index contributed by atoms with van der Waals surface area (Å²) in [6.07, 6.45) is -4.92. The Labute approximate surface area is 132 Å². The molecule has 0 aliphatic heterocycles. The van der Waals surface area contributed by atoms with E-state index in [1.165, 1.54) is 4.72 Å². The van der Waals surface area contributed by atoms with E-state index in [9.17, 15) is 30.4 Å². The van der Waals surface area contributed by atoms with Gasteiger partial charge in [0.25, 0.3) is 10.0 Å². The van der Waals surface area contributed by atoms with Crippen molar-refractivity contribution in [2.75, 3.05) is 4.72 Å². The van der Waals surface area contributed by atoms with E-state index in [4.69, 9.17) is 11.6 Å². The van der Waals surface area contributed by atoms with Crippen LogP contribution in [0.5, 0.6) is 0 Å². The summed E-state index contributed by atoms with van der Waals surface area (Å²) in [5.41, 5.74) is -2.28. The minimum atomic E-state index is -4.92. The van der Waals surface area contributed by atoms with Crippen molar-refractivity contribution < 1.29 is 30.4 Å². The molecule has 2 aromatic rings. The van der Waals surface area contributed by atoms with E-state index in [1.807, 2.05) is 0 Å². The largest absolute Gasteiger partial charge is 0.418 e. The summed E-state index contributed by atoms with van der Waals surface area (Å²) in [5.74, 6) is -2.86. The summed E-state index contributed by atoms with van der Waals surface area (Å²) in [4.78, 5) is -1.37. The van der Waals surface area contributed by atoms with E-state index >= 15 is 0 Å². The number of hydrogen-bond acceptors (Lipinski definition) is 2. The summed E-state index contributed by atoms with van der Waals surface area (Å²) >= 11 is 5.46. The highest BCUT2D eigenvalue weighted by molar-refractivity contribution is 7.92. The molecule has 0 aliphatic rings. The molecule has 0 spiro atoms. The second-order valence-corrected chi connectivity index (χ2v) is 6.40. The molecule has 0 saturated heterocycles. The predicted octanol–water partition coefficient (Wildman–Crippen LogP) is 4.44. The van der Waals surface area contributed by atoms with E-state index in [-0.39, 0.29) is 5.02 Å². The zero-order valence-corrected chi connectivity index (χ0v) is 12.5. The number of anilines is 1. The van der Waals surface area contributed by atoms with Crippen molar-refractivity contribution in [2.24, 2.45) is 0 Å². The summed E-state index contributed by atoms with van der Waals surface area (Å²) in [7, 11) is -4.91. The first-order valence-corrected chi connectivity index (χ1v) is 7.72. The first-order valence-electron chi connectivity index (χ1n) is 5.86. The maximum atomic E-state index is 13.5. The van der Waals surface area contributed by atoms with Crippen LogP contribution >= 0.6 is 11.6 Å². The molecular weight excluding hydrogens is 365 g/mol. The van der Waals surface area contributed by atoms with Crippen LogP contribution in [0.1, 0.15) is 5.56 Å². The normalized spacial score (nSPS) is 12.3. The summed E-state index contributed by atoms with van der Waals surface area (Å²) in [6.45, 7) is 0. The highest BCUT2D eigenvalue weighted by Crippen LogP contribution is 2.37. The minimum absolute atomic E-state index is 0.280. The van der Waals surface area contributed by atoms with Gasteiger partial charge in [-0.3, -0.25) is 4.72 Å². The maximum absolute atomic E-state index is 13.5. The summed E-state index contributed by atoms with van der Waals surface area (Å²) in [6, 6.07) is 4.52. The van der Waals surface area contributed by atoms with Crippen molar-refractivity contribution in [2.45, 2.75) is 11.1 Å². The van der Waals surface area contributed by atoms with E-state index in [2.05, 4.69) is 0 Å². The molecule has 0 atom stereocenters. The Morgan fingerprint density at radius 3 is 2.09 bits per heavy atom. The van der Waals surface area contributed by atoms with Gasteiger partial charge in [-0.05, 0) is 30.3 Å². The number of alkyl halides is 3. The molecule has 23 heavy (non-hydrogen) atoms. The number of nitrogens with one attached hydrogen (secondary N) is 1. The molecule has 0 aromatic heterocycles. The van der Waals surface area contributed by atoms with Crippen LogP contribution in [0.4, 0.5) is 27.6 Å². The first-order chi connectivity index (χ1) is 10.5. The molecule has 10 heteroatoms. The van der Waals surface area contributed by atoms with Crippen molar-refractivity contribution in [3.63, 3.8) is 0 Å². The second-order valence-electron chi connectivity index (χ2n) is 4.34. The molecule has 0 bridgehead atoms. The van der Waals surface area contributed by atoms with Gasteiger partial charge in [-0.15, -0.1) is 0 Å². The van der Waals surface area contributed by atoms with Gasteiger partial charge in [-0.1, -0.05) is 17.7 Å².